The average Bonchev–Trinajstić information content (AvgIpc) is 2.55. The molecule has 0 unspecified atom stereocenters. The second-order valence-corrected chi connectivity index (χ2v) is 6.36. The van der Waals surface area contributed by atoms with Gasteiger partial charge < -0.3 is 15.5 Å². The monoisotopic (exact) mass is 312 g/mol. The normalized spacial score (nSPS) is 16.7. The van der Waals surface area contributed by atoms with Gasteiger partial charge in [0.15, 0.2) is 0 Å². The Morgan fingerprint density at radius 1 is 1.09 bits per heavy atom. The van der Waals surface area contributed by atoms with Crippen LogP contribution in [0.15, 0.2) is 0 Å². The summed E-state index contributed by atoms with van der Waals surface area (Å²) in [6.07, 6.45) is 2.12. The molecule has 2 amide bonds. The third kappa shape index (κ3) is 4.43. The van der Waals surface area contributed by atoms with Crippen molar-refractivity contribution in [2.24, 2.45) is 11.1 Å². The van der Waals surface area contributed by atoms with Gasteiger partial charge in [-0.15, -0.1) is 0 Å². The van der Waals surface area contributed by atoms with Crippen LogP contribution in [0.2, 0.25) is 0 Å². The van der Waals surface area contributed by atoms with Crippen LogP contribution in [0, 0.1) is 5.41 Å². The van der Waals surface area contributed by atoms with Gasteiger partial charge in [0.05, 0.1) is 5.41 Å². The van der Waals surface area contributed by atoms with Crippen LogP contribution in [0.1, 0.15) is 33.1 Å². The predicted octanol–water partition coefficient (Wildman–Crippen LogP) is 0.374. The van der Waals surface area contributed by atoms with Crippen LogP contribution in [-0.4, -0.2) is 79.9 Å². The standard InChI is InChI=1S/C16H32N4O2/c1-5-16(6-2,13-17)15(22)20-11-9-19(10-12-20)8-7-14(21)18(3)4/h5-13,17H2,1-4H3. The van der Waals surface area contributed by atoms with Crippen LogP contribution < -0.4 is 5.73 Å². The topological polar surface area (TPSA) is 69.9 Å². The first kappa shape index (κ1) is 18.9. The molecule has 6 heteroatoms. The molecule has 0 radical (unpaired) electrons. The molecule has 0 bridgehead atoms. The molecule has 0 spiro atoms. The lowest BCUT2D eigenvalue weighted by atomic mass is 9.81. The summed E-state index contributed by atoms with van der Waals surface area (Å²) in [5.41, 5.74) is 5.47. The van der Waals surface area contributed by atoms with Crippen molar-refractivity contribution in [2.75, 3.05) is 53.4 Å². The minimum absolute atomic E-state index is 0.151. The summed E-state index contributed by atoms with van der Waals surface area (Å²) in [5.74, 6) is 0.349. The van der Waals surface area contributed by atoms with E-state index < -0.39 is 5.41 Å². The molecular weight excluding hydrogens is 280 g/mol. The Hall–Kier alpha value is -1.14. The van der Waals surface area contributed by atoms with Crippen LogP contribution in [-0.2, 0) is 9.59 Å². The van der Waals surface area contributed by atoms with Gasteiger partial charge in [0.1, 0.15) is 0 Å². The van der Waals surface area contributed by atoms with Crippen molar-refractivity contribution in [1.29, 1.82) is 0 Å². The number of nitrogens with zero attached hydrogens (tertiary/aromatic N) is 3. The summed E-state index contributed by atoms with van der Waals surface area (Å²) < 4.78 is 0. The molecule has 0 aromatic carbocycles. The lowest BCUT2D eigenvalue weighted by Crippen LogP contribution is -2.55. The van der Waals surface area contributed by atoms with Crippen LogP contribution >= 0.6 is 0 Å². The smallest absolute Gasteiger partial charge is 0.230 e. The lowest BCUT2D eigenvalue weighted by molar-refractivity contribution is -0.144. The highest BCUT2D eigenvalue weighted by molar-refractivity contribution is 5.83. The molecule has 1 rings (SSSR count). The summed E-state index contributed by atoms with van der Waals surface area (Å²) in [7, 11) is 3.56. The van der Waals surface area contributed by atoms with Gasteiger partial charge >= 0.3 is 0 Å². The fraction of sp³-hybridized carbons (Fsp3) is 0.875. The van der Waals surface area contributed by atoms with Crippen molar-refractivity contribution in [1.82, 2.24) is 14.7 Å². The highest BCUT2D eigenvalue weighted by Crippen LogP contribution is 2.28. The molecule has 1 aliphatic heterocycles. The van der Waals surface area contributed by atoms with Crippen molar-refractivity contribution in [3.8, 4) is 0 Å². The Morgan fingerprint density at radius 3 is 2.05 bits per heavy atom. The van der Waals surface area contributed by atoms with Gasteiger partial charge in [0.2, 0.25) is 11.8 Å². The molecule has 128 valence electrons. The number of hydrogen-bond acceptors (Lipinski definition) is 4. The predicted molar refractivity (Wildman–Crippen MR) is 88.4 cm³/mol. The van der Waals surface area contributed by atoms with E-state index in [-0.39, 0.29) is 11.8 Å². The van der Waals surface area contributed by atoms with E-state index in [1.165, 1.54) is 0 Å². The Labute approximate surface area is 134 Å². The van der Waals surface area contributed by atoms with Crippen molar-refractivity contribution in [3.05, 3.63) is 0 Å². The summed E-state index contributed by atoms with van der Waals surface area (Å²) in [6.45, 7) is 8.39. The maximum Gasteiger partial charge on any atom is 0.230 e. The minimum atomic E-state index is -0.400. The van der Waals surface area contributed by atoms with E-state index in [1.54, 1.807) is 19.0 Å². The summed E-state index contributed by atoms with van der Waals surface area (Å²) >= 11 is 0. The molecule has 1 saturated heterocycles. The van der Waals surface area contributed by atoms with Gasteiger partial charge in [0, 0.05) is 59.8 Å². The first-order chi connectivity index (χ1) is 10.4. The average molecular weight is 312 g/mol. The van der Waals surface area contributed by atoms with Gasteiger partial charge in [-0.1, -0.05) is 13.8 Å². The van der Waals surface area contributed by atoms with Crippen LogP contribution in [0.25, 0.3) is 0 Å². The Balaban J connectivity index is 2.48. The molecule has 0 aliphatic carbocycles. The summed E-state index contributed by atoms with van der Waals surface area (Å²) in [5, 5.41) is 0. The second-order valence-electron chi connectivity index (χ2n) is 6.36. The highest BCUT2D eigenvalue weighted by Gasteiger charge is 2.37. The van der Waals surface area contributed by atoms with Gasteiger partial charge in [0.25, 0.3) is 0 Å². The first-order valence-corrected chi connectivity index (χ1v) is 8.32. The number of rotatable bonds is 7. The van der Waals surface area contributed by atoms with Crippen LogP contribution in [0.3, 0.4) is 0 Å². The zero-order valence-corrected chi connectivity index (χ0v) is 14.6. The molecule has 1 fully saturated rings. The summed E-state index contributed by atoms with van der Waals surface area (Å²) in [6, 6.07) is 0. The molecule has 0 aromatic rings. The number of piperazine rings is 1. The summed E-state index contributed by atoms with van der Waals surface area (Å²) in [4.78, 5) is 30.2. The van der Waals surface area contributed by atoms with E-state index in [4.69, 9.17) is 5.73 Å². The maximum absolute atomic E-state index is 12.7. The molecule has 6 nitrogen and oxygen atoms in total. The first-order valence-electron chi connectivity index (χ1n) is 8.32. The Kier molecular flexibility index (Phi) is 7.29. The van der Waals surface area contributed by atoms with E-state index >= 15 is 0 Å². The quantitative estimate of drug-likeness (QED) is 0.737. The fourth-order valence-corrected chi connectivity index (χ4v) is 2.92. The van der Waals surface area contributed by atoms with Crippen LogP contribution in [0.5, 0.6) is 0 Å². The van der Waals surface area contributed by atoms with Gasteiger partial charge in [-0.05, 0) is 12.8 Å². The van der Waals surface area contributed by atoms with E-state index in [9.17, 15) is 9.59 Å². The molecule has 0 aromatic heterocycles. The molecule has 1 heterocycles. The third-order valence-electron chi connectivity index (χ3n) is 5.00. The number of hydrogen-bond donors (Lipinski definition) is 1. The van der Waals surface area contributed by atoms with E-state index in [1.807, 2.05) is 18.7 Å². The number of amides is 2. The van der Waals surface area contributed by atoms with E-state index in [0.29, 0.717) is 13.0 Å². The van der Waals surface area contributed by atoms with Crippen molar-refractivity contribution >= 4 is 11.8 Å². The lowest BCUT2D eigenvalue weighted by Gasteiger charge is -2.40. The minimum Gasteiger partial charge on any atom is -0.349 e. The van der Waals surface area contributed by atoms with Gasteiger partial charge in [-0.3, -0.25) is 14.5 Å². The molecule has 1 aliphatic rings. The van der Waals surface area contributed by atoms with Crippen molar-refractivity contribution < 1.29 is 9.59 Å². The maximum atomic E-state index is 12.7. The highest BCUT2D eigenvalue weighted by atomic mass is 16.2. The number of carbonyl (C=O) groups is 2. The number of carbonyl (C=O) groups excluding carboxylic acids is 2. The number of nitrogens with two attached hydrogens (primary N) is 1. The van der Waals surface area contributed by atoms with Gasteiger partial charge in [-0.2, -0.15) is 0 Å². The molecule has 0 atom stereocenters. The zero-order valence-electron chi connectivity index (χ0n) is 14.6. The van der Waals surface area contributed by atoms with Crippen molar-refractivity contribution in [2.45, 2.75) is 33.1 Å². The largest absolute Gasteiger partial charge is 0.349 e. The van der Waals surface area contributed by atoms with E-state index in [0.717, 1.165) is 45.6 Å². The third-order valence-corrected chi connectivity index (χ3v) is 5.00. The fourth-order valence-electron chi connectivity index (χ4n) is 2.92. The SMILES string of the molecule is CCC(CC)(CN)C(=O)N1CCN(CCC(=O)N(C)C)CC1. The molecule has 22 heavy (non-hydrogen) atoms. The molecular formula is C16H32N4O2. The second kappa shape index (κ2) is 8.48. The van der Waals surface area contributed by atoms with Crippen LogP contribution in [0.4, 0.5) is 0 Å². The Morgan fingerprint density at radius 2 is 1.64 bits per heavy atom. The van der Waals surface area contributed by atoms with Gasteiger partial charge in [-0.25, -0.2) is 0 Å². The van der Waals surface area contributed by atoms with Crippen molar-refractivity contribution in [3.63, 3.8) is 0 Å². The molecule has 2 N–H and O–H groups in total. The Bertz CT molecular complexity index is 364. The zero-order chi connectivity index (χ0) is 16.8. The van der Waals surface area contributed by atoms with E-state index in [2.05, 4.69) is 4.90 Å². The molecule has 0 saturated carbocycles.